The Morgan fingerprint density at radius 2 is 1.59 bits per heavy atom. The number of piperazine rings is 1. The fraction of sp³-hybridized carbons (Fsp3) is 0.333. The van der Waals surface area contributed by atoms with E-state index in [2.05, 4.69) is 52.3 Å². The van der Waals surface area contributed by atoms with Gasteiger partial charge in [0.1, 0.15) is 0 Å². The fourth-order valence-electron chi connectivity index (χ4n) is 3.09. The second-order valence-electron chi connectivity index (χ2n) is 5.79. The maximum absolute atomic E-state index is 5.47. The van der Waals surface area contributed by atoms with Crippen molar-refractivity contribution in [3.05, 3.63) is 54.1 Å². The van der Waals surface area contributed by atoms with E-state index >= 15 is 0 Å². The zero-order valence-electron chi connectivity index (χ0n) is 12.6. The average molecular weight is 296 g/mol. The molecule has 0 atom stereocenters. The number of rotatable bonds is 3. The summed E-state index contributed by atoms with van der Waals surface area (Å²) in [6.45, 7) is 5.64. The summed E-state index contributed by atoms with van der Waals surface area (Å²) in [5.41, 5.74) is 2.61. The minimum atomic E-state index is 0.337. The van der Waals surface area contributed by atoms with Gasteiger partial charge in [-0.2, -0.15) is 0 Å². The number of nitrogens with zero attached hydrogens (tertiary/aromatic N) is 2. The van der Waals surface area contributed by atoms with Crippen molar-refractivity contribution in [2.45, 2.75) is 6.54 Å². The lowest BCUT2D eigenvalue weighted by molar-refractivity contribution is 0.174. The third kappa shape index (κ3) is 2.74. The molecule has 4 heteroatoms. The minimum Gasteiger partial charge on any atom is -0.454 e. The van der Waals surface area contributed by atoms with Crippen LogP contribution in [0.25, 0.3) is 0 Å². The molecule has 0 bridgehead atoms. The molecule has 0 amide bonds. The Balaban J connectivity index is 1.37. The van der Waals surface area contributed by atoms with Crippen LogP contribution in [0.3, 0.4) is 0 Å². The largest absolute Gasteiger partial charge is 0.454 e. The Kier molecular flexibility index (Phi) is 3.60. The van der Waals surface area contributed by atoms with E-state index in [-0.39, 0.29) is 0 Å². The summed E-state index contributed by atoms with van der Waals surface area (Å²) in [4.78, 5) is 4.93. The van der Waals surface area contributed by atoms with Crippen molar-refractivity contribution >= 4 is 5.69 Å². The van der Waals surface area contributed by atoms with Crippen LogP contribution < -0.4 is 14.4 Å². The molecule has 1 saturated heterocycles. The van der Waals surface area contributed by atoms with Crippen molar-refractivity contribution in [1.29, 1.82) is 0 Å². The first-order valence-corrected chi connectivity index (χ1v) is 7.79. The molecule has 22 heavy (non-hydrogen) atoms. The molecule has 0 unspecified atom stereocenters. The maximum Gasteiger partial charge on any atom is 0.231 e. The Labute approximate surface area is 130 Å². The standard InChI is InChI=1S/C18H20N2O2/c1-2-4-15(5-3-1)13-19-8-10-20(11-9-19)16-6-7-17-18(12-16)22-14-21-17/h1-7,12H,8-11,13-14H2. The molecule has 2 heterocycles. The molecule has 1 fully saturated rings. The van der Waals surface area contributed by atoms with Crippen LogP contribution in [0.4, 0.5) is 5.69 Å². The van der Waals surface area contributed by atoms with Crippen molar-refractivity contribution in [3.8, 4) is 11.5 Å². The lowest BCUT2D eigenvalue weighted by atomic mass is 10.2. The number of benzene rings is 2. The van der Waals surface area contributed by atoms with Crippen LogP contribution in [0.2, 0.25) is 0 Å². The van der Waals surface area contributed by atoms with Crippen LogP contribution in [-0.2, 0) is 6.54 Å². The Morgan fingerprint density at radius 3 is 2.41 bits per heavy atom. The summed E-state index contributed by atoms with van der Waals surface area (Å²) in [6.07, 6.45) is 0. The fourth-order valence-corrected chi connectivity index (χ4v) is 3.09. The third-order valence-corrected chi connectivity index (χ3v) is 4.34. The molecule has 0 radical (unpaired) electrons. The molecule has 2 aromatic carbocycles. The summed E-state index contributed by atoms with van der Waals surface area (Å²) in [6, 6.07) is 16.9. The molecule has 2 aliphatic heterocycles. The lowest BCUT2D eigenvalue weighted by Crippen LogP contribution is -2.45. The number of hydrogen-bond donors (Lipinski definition) is 0. The summed E-state index contributed by atoms with van der Waals surface area (Å²) in [5, 5.41) is 0. The molecule has 4 nitrogen and oxygen atoms in total. The zero-order chi connectivity index (χ0) is 14.8. The van der Waals surface area contributed by atoms with Gasteiger partial charge in [0.25, 0.3) is 0 Å². The highest BCUT2D eigenvalue weighted by atomic mass is 16.7. The van der Waals surface area contributed by atoms with Gasteiger partial charge in [-0.25, -0.2) is 0 Å². The Morgan fingerprint density at radius 1 is 0.818 bits per heavy atom. The molecule has 0 aromatic heterocycles. The van der Waals surface area contributed by atoms with Gasteiger partial charge in [-0.1, -0.05) is 30.3 Å². The van der Waals surface area contributed by atoms with Gasteiger partial charge in [0.05, 0.1) is 0 Å². The minimum absolute atomic E-state index is 0.337. The second-order valence-corrected chi connectivity index (χ2v) is 5.79. The maximum atomic E-state index is 5.47. The summed E-state index contributed by atoms with van der Waals surface area (Å²) < 4.78 is 10.8. The van der Waals surface area contributed by atoms with Crippen molar-refractivity contribution in [2.75, 3.05) is 37.9 Å². The van der Waals surface area contributed by atoms with Gasteiger partial charge < -0.3 is 14.4 Å². The highest BCUT2D eigenvalue weighted by molar-refractivity contribution is 5.57. The van der Waals surface area contributed by atoms with Gasteiger partial charge in [-0.05, 0) is 17.7 Å². The monoisotopic (exact) mass is 296 g/mol. The van der Waals surface area contributed by atoms with E-state index in [1.54, 1.807) is 0 Å². The predicted octanol–water partition coefficient (Wildman–Crippen LogP) is 2.74. The number of anilines is 1. The molecular formula is C18H20N2O2. The first kappa shape index (κ1) is 13.5. The predicted molar refractivity (Wildman–Crippen MR) is 86.5 cm³/mol. The number of fused-ring (bicyclic) bond motifs is 1. The van der Waals surface area contributed by atoms with E-state index < -0.39 is 0 Å². The molecule has 114 valence electrons. The van der Waals surface area contributed by atoms with E-state index in [9.17, 15) is 0 Å². The SMILES string of the molecule is c1ccc(CN2CCN(c3ccc4c(c3)OCO4)CC2)cc1. The first-order chi connectivity index (χ1) is 10.9. The quantitative estimate of drug-likeness (QED) is 0.869. The van der Waals surface area contributed by atoms with Crippen LogP contribution in [0.5, 0.6) is 11.5 Å². The van der Waals surface area contributed by atoms with Crippen molar-refractivity contribution in [2.24, 2.45) is 0 Å². The number of hydrogen-bond acceptors (Lipinski definition) is 4. The van der Waals surface area contributed by atoms with Gasteiger partial charge in [0.2, 0.25) is 6.79 Å². The highest BCUT2D eigenvalue weighted by Crippen LogP contribution is 2.35. The molecule has 0 aliphatic carbocycles. The van der Waals surface area contributed by atoms with Crippen LogP contribution >= 0.6 is 0 Å². The van der Waals surface area contributed by atoms with Crippen molar-refractivity contribution in [3.63, 3.8) is 0 Å². The van der Waals surface area contributed by atoms with E-state index in [0.717, 1.165) is 44.2 Å². The van der Waals surface area contributed by atoms with Gasteiger partial charge >= 0.3 is 0 Å². The summed E-state index contributed by atoms with van der Waals surface area (Å²) >= 11 is 0. The van der Waals surface area contributed by atoms with Crippen LogP contribution in [0, 0.1) is 0 Å². The third-order valence-electron chi connectivity index (χ3n) is 4.34. The summed E-state index contributed by atoms with van der Waals surface area (Å²) in [5.74, 6) is 1.72. The molecule has 2 aromatic rings. The smallest absolute Gasteiger partial charge is 0.231 e. The molecule has 0 N–H and O–H groups in total. The van der Waals surface area contributed by atoms with Gasteiger partial charge in [-0.15, -0.1) is 0 Å². The normalized spacial score (nSPS) is 17.7. The van der Waals surface area contributed by atoms with E-state index in [1.807, 2.05) is 6.07 Å². The van der Waals surface area contributed by atoms with E-state index in [0.29, 0.717) is 6.79 Å². The van der Waals surface area contributed by atoms with E-state index in [1.165, 1.54) is 11.3 Å². The zero-order valence-corrected chi connectivity index (χ0v) is 12.6. The molecule has 2 aliphatic rings. The van der Waals surface area contributed by atoms with Gasteiger partial charge in [0.15, 0.2) is 11.5 Å². The molecule has 4 rings (SSSR count). The van der Waals surface area contributed by atoms with Gasteiger partial charge in [0, 0.05) is 44.5 Å². The van der Waals surface area contributed by atoms with Gasteiger partial charge in [-0.3, -0.25) is 4.90 Å². The first-order valence-electron chi connectivity index (χ1n) is 7.79. The topological polar surface area (TPSA) is 24.9 Å². The van der Waals surface area contributed by atoms with E-state index in [4.69, 9.17) is 9.47 Å². The lowest BCUT2D eigenvalue weighted by Gasteiger charge is -2.36. The van der Waals surface area contributed by atoms with Crippen molar-refractivity contribution < 1.29 is 9.47 Å². The molecule has 0 spiro atoms. The average Bonchev–Trinajstić information content (AvgIpc) is 3.04. The highest BCUT2D eigenvalue weighted by Gasteiger charge is 2.20. The Bertz CT molecular complexity index is 637. The second kappa shape index (κ2) is 5.89. The summed E-state index contributed by atoms with van der Waals surface area (Å²) in [7, 11) is 0. The molecule has 0 saturated carbocycles. The molecular weight excluding hydrogens is 276 g/mol. The van der Waals surface area contributed by atoms with Crippen molar-refractivity contribution in [1.82, 2.24) is 4.90 Å². The van der Waals surface area contributed by atoms with Crippen LogP contribution in [0.15, 0.2) is 48.5 Å². The van der Waals surface area contributed by atoms with Crippen LogP contribution in [0.1, 0.15) is 5.56 Å². The Hall–Kier alpha value is -2.20. The number of ether oxygens (including phenoxy) is 2. The van der Waals surface area contributed by atoms with Crippen LogP contribution in [-0.4, -0.2) is 37.9 Å².